The molecule has 1 amide bonds. The summed E-state index contributed by atoms with van der Waals surface area (Å²) in [5.41, 5.74) is 3.31. The van der Waals surface area contributed by atoms with Gasteiger partial charge < -0.3 is 10.0 Å². The van der Waals surface area contributed by atoms with Crippen LogP contribution in [-0.4, -0.2) is 32.4 Å². The number of carbonyl (C=O) groups is 1. The molecule has 0 aliphatic carbocycles. The van der Waals surface area contributed by atoms with Crippen molar-refractivity contribution in [3.8, 4) is 5.69 Å². The zero-order valence-electron chi connectivity index (χ0n) is 9.78. The van der Waals surface area contributed by atoms with Gasteiger partial charge in [-0.1, -0.05) is 6.07 Å². The van der Waals surface area contributed by atoms with Gasteiger partial charge in [0.1, 0.15) is 0 Å². The van der Waals surface area contributed by atoms with E-state index in [1.807, 2.05) is 29.1 Å². The fraction of sp³-hybridized carbons (Fsp3) is 0.231. The molecule has 0 saturated carbocycles. The molecular weight excluding hydrogens is 230 g/mol. The number of fused-ring (bicyclic) bond motifs is 1. The van der Waals surface area contributed by atoms with E-state index < -0.39 is 6.09 Å². The molecule has 1 aliphatic rings. The van der Waals surface area contributed by atoms with E-state index in [4.69, 9.17) is 5.11 Å². The maximum Gasteiger partial charge on any atom is 0.407 e. The van der Waals surface area contributed by atoms with Gasteiger partial charge in [-0.2, -0.15) is 5.10 Å². The van der Waals surface area contributed by atoms with Crippen molar-refractivity contribution in [3.05, 3.63) is 47.8 Å². The van der Waals surface area contributed by atoms with Crippen molar-refractivity contribution in [1.82, 2.24) is 14.7 Å². The third kappa shape index (κ3) is 1.84. The average Bonchev–Trinajstić information content (AvgIpc) is 2.91. The van der Waals surface area contributed by atoms with Gasteiger partial charge in [0.25, 0.3) is 0 Å². The second kappa shape index (κ2) is 4.18. The van der Waals surface area contributed by atoms with E-state index in [2.05, 4.69) is 11.2 Å². The summed E-state index contributed by atoms with van der Waals surface area (Å²) in [6.45, 7) is 1.04. The molecule has 92 valence electrons. The van der Waals surface area contributed by atoms with Crippen LogP contribution in [0.4, 0.5) is 4.79 Å². The zero-order valence-corrected chi connectivity index (χ0v) is 9.78. The quantitative estimate of drug-likeness (QED) is 0.832. The largest absolute Gasteiger partial charge is 0.465 e. The minimum atomic E-state index is -0.850. The number of aromatic nitrogens is 2. The molecule has 0 radical (unpaired) electrons. The lowest BCUT2D eigenvalue weighted by molar-refractivity contribution is 0.140. The molecule has 1 N–H and O–H groups in total. The van der Waals surface area contributed by atoms with Crippen molar-refractivity contribution >= 4 is 6.09 Å². The molecule has 0 saturated heterocycles. The maximum atomic E-state index is 10.9. The van der Waals surface area contributed by atoms with Crippen molar-refractivity contribution in [2.75, 3.05) is 6.54 Å². The number of nitrogens with zero attached hydrogens (tertiary/aromatic N) is 3. The molecule has 5 heteroatoms. The molecule has 0 fully saturated rings. The van der Waals surface area contributed by atoms with Crippen molar-refractivity contribution in [3.63, 3.8) is 0 Å². The zero-order chi connectivity index (χ0) is 12.5. The van der Waals surface area contributed by atoms with Crippen LogP contribution in [0.5, 0.6) is 0 Å². The van der Waals surface area contributed by atoms with Gasteiger partial charge in [0.05, 0.1) is 5.69 Å². The predicted octanol–water partition coefficient (Wildman–Crippen LogP) is 1.91. The SMILES string of the molecule is O=C(O)N1CCc2cc(-n3cccn3)ccc2C1. The minimum Gasteiger partial charge on any atom is -0.465 e. The van der Waals surface area contributed by atoms with Gasteiger partial charge in [-0.05, 0) is 35.7 Å². The summed E-state index contributed by atoms with van der Waals surface area (Å²) < 4.78 is 1.81. The lowest BCUT2D eigenvalue weighted by atomic mass is 9.99. The van der Waals surface area contributed by atoms with E-state index in [0.717, 1.165) is 17.7 Å². The fourth-order valence-corrected chi connectivity index (χ4v) is 2.27. The standard InChI is InChI=1S/C13H13N3O2/c17-13(18)15-7-4-10-8-12(3-2-11(10)9-15)16-6-1-5-14-16/h1-3,5-6,8H,4,7,9H2,(H,17,18). The van der Waals surface area contributed by atoms with Crippen LogP contribution in [0.1, 0.15) is 11.1 Å². The first kappa shape index (κ1) is 10.8. The molecule has 1 aromatic carbocycles. The van der Waals surface area contributed by atoms with E-state index in [-0.39, 0.29) is 0 Å². The number of hydrogen-bond donors (Lipinski definition) is 1. The smallest absolute Gasteiger partial charge is 0.407 e. The van der Waals surface area contributed by atoms with Crippen LogP contribution >= 0.6 is 0 Å². The summed E-state index contributed by atoms with van der Waals surface area (Å²) in [5.74, 6) is 0. The van der Waals surface area contributed by atoms with Gasteiger partial charge in [0.15, 0.2) is 0 Å². The lowest BCUT2D eigenvalue weighted by Gasteiger charge is -2.26. The second-order valence-corrected chi connectivity index (χ2v) is 4.36. The van der Waals surface area contributed by atoms with Crippen LogP contribution in [0.2, 0.25) is 0 Å². The monoisotopic (exact) mass is 243 g/mol. The Morgan fingerprint density at radius 3 is 2.94 bits per heavy atom. The van der Waals surface area contributed by atoms with Crippen molar-refractivity contribution < 1.29 is 9.90 Å². The third-order valence-electron chi connectivity index (χ3n) is 3.24. The van der Waals surface area contributed by atoms with Crippen molar-refractivity contribution in [2.45, 2.75) is 13.0 Å². The van der Waals surface area contributed by atoms with E-state index in [1.54, 1.807) is 6.20 Å². The first-order valence-electron chi connectivity index (χ1n) is 5.84. The molecule has 1 aliphatic heterocycles. The minimum absolute atomic E-state index is 0.476. The van der Waals surface area contributed by atoms with Crippen LogP contribution in [0, 0.1) is 0 Å². The van der Waals surface area contributed by atoms with E-state index in [0.29, 0.717) is 13.1 Å². The molecular formula is C13H13N3O2. The maximum absolute atomic E-state index is 10.9. The Bertz CT molecular complexity index is 578. The molecule has 2 aromatic rings. The Balaban J connectivity index is 1.92. The molecule has 5 nitrogen and oxygen atoms in total. The molecule has 0 atom stereocenters. The number of benzene rings is 1. The number of hydrogen-bond acceptors (Lipinski definition) is 2. The van der Waals surface area contributed by atoms with E-state index in [1.165, 1.54) is 10.5 Å². The summed E-state index contributed by atoms with van der Waals surface area (Å²) in [5, 5.41) is 13.2. The normalized spacial score (nSPS) is 14.3. The van der Waals surface area contributed by atoms with E-state index in [9.17, 15) is 4.79 Å². The summed E-state index contributed by atoms with van der Waals surface area (Å²) in [4.78, 5) is 12.4. The number of rotatable bonds is 1. The number of amides is 1. The Morgan fingerprint density at radius 1 is 1.33 bits per heavy atom. The molecule has 1 aromatic heterocycles. The molecule has 2 heterocycles. The first-order valence-corrected chi connectivity index (χ1v) is 5.84. The van der Waals surface area contributed by atoms with Crippen LogP contribution in [-0.2, 0) is 13.0 Å². The molecule has 18 heavy (non-hydrogen) atoms. The van der Waals surface area contributed by atoms with Gasteiger partial charge in [-0.3, -0.25) is 0 Å². The lowest BCUT2D eigenvalue weighted by Crippen LogP contribution is -2.34. The highest BCUT2D eigenvalue weighted by molar-refractivity contribution is 5.65. The molecule has 0 bridgehead atoms. The highest BCUT2D eigenvalue weighted by Crippen LogP contribution is 2.21. The second-order valence-electron chi connectivity index (χ2n) is 4.36. The van der Waals surface area contributed by atoms with Crippen LogP contribution in [0.15, 0.2) is 36.7 Å². The number of carboxylic acid groups (broad SMARTS) is 1. The Labute approximate surface area is 104 Å². The molecule has 0 unspecified atom stereocenters. The molecule has 0 spiro atoms. The highest BCUT2D eigenvalue weighted by atomic mass is 16.4. The van der Waals surface area contributed by atoms with Crippen molar-refractivity contribution in [2.24, 2.45) is 0 Å². The third-order valence-corrected chi connectivity index (χ3v) is 3.24. The van der Waals surface area contributed by atoms with Crippen LogP contribution in [0.3, 0.4) is 0 Å². The highest BCUT2D eigenvalue weighted by Gasteiger charge is 2.20. The molecule has 3 rings (SSSR count). The van der Waals surface area contributed by atoms with E-state index >= 15 is 0 Å². The van der Waals surface area contributed by atoms with Gasteiger partial charge in [-0.15, -0.1) is 0 Å². The Hall–Kier alpha value is -2.30. The average molecular weight is 243 g/mol. The van der Waals surface area contributed by atoms with Gasteiger partial charge in [-0.25, -0.2) is 9.48 Å². The Kier molecular flexibility index (Phi) is 2.51. The summed E-state index contributed by atoms with van der Waals surface area (Å²) in [6.07, 6.45) is 3.55. The van der Waals surface area contributed by atoms with Gasteiger partial charge >= 0.3 is 6.09 Å². The van der Waals surface area contributed by atoms with Gasteiger partial charge in [0.2, 0.25) is 0 Å². The first-order chi connectivity index (χ1) is 8.74. The van der Waals surface area contributed by atoms with Crippen molar-refractivity contribution in [1.29, 1.82) is 0 Å². The van der Waals surface area contributed by atoms with Crippen LogP contribution < -0.4 is 0 Å². The fourth-order valence-electron chi connectivity index (χ4n) is 2.27. The summed E-state index contributed by atoms with van der Waals surface area (Å²) in [7, 11) is 0. The van der Waals surface area contributed by atoms with Gasteiger partial charge in [0, 0.05) is 25.5 Å². The summed E-state index contributed by atoms with van der Waals surface area (Å²) >= 11 is 0. The topological polar surface area (TPSA) is 58.4 Å². The predicted molar refractivity (Wildman–Crippen MR) is 65.7 cm³/mol. The Morgan fingerprint density at radius 2 is 2.22 bits per heavy atom. The summed E-state index contributed by atoms with van der Waals surface area (Å²) in [6, 6.07) is 7.92. The van der Waals surface area contributed by atoms with Crippen LogP contribution in [0.25, 0.3) is 5.69 Å².